The van der Waals surface area contributed by atoms with E-state index in [1.165, 1.54) is 0 Å². The van der Waals surface area contributed by atoms with Gasteiger partial charge in [0.05, 0.1) is 0 Å². The molecule has 1 atom stereocenters. The van der Waals surface area contributed by atoms with Crippen molar-refractivity contribution < 1.29 is 24.5 Å². The highest BCUT2D eigenvalue weighted by Gasteiger charge is 2.06. The summed E-state index contributed by atoms with van der Waals surface area (Å²) in [6.07, 6.45) is 1.27. The van der Waals surface area contributed by atoms with Crippen LogP contribution >= 0.6 is 0 Å². The Bertz CT molecular complexity index is 209. The predicted octanol–water partition coefficient (Wildman–Crippen LogP) is 0.289. The number of carboxylic acid groups (broad SMARTS) is 1. The molecular formula is C8H12O5. The average molecular weight is 188 g/mol. The molecule has 0 aliphatic carbocycles. The van der Waals surface area contributed by atoms with E-state index >= 15 is 0 Å². The van der Waals surface area contributed by atoms with Gasteiger partial charge in [-0.05, 0) is 0 Å². The van der Waals surface area contributed by atoms with Gasteiger partial charge in [-0.3, -0.25) is 0 Å². The van der Waals surface area contributed by atoms with Gasteiger partial charge in [-0.25, -0.2) is 9.59 Å². The first kappa shape index (κ1) is 11.6. The van der Waals surface area contributed by atoms with E-state index in [2.05, 4.69) is 4.74 Å². The van der Waals surface area contributed by atoms with Gasteiger partial charge in [0.25, 0.3) is 0 Å². The maximum Gasteiger partial charge on any atom is 0.333 e. The van der Waals surface area contributed by atoms with Crippen LogP contribution in [-0.2, 0) is 14.3 Å². The number of carbonyl (C=O) groups is 2. The standard InChI is InChI=1S/C8H12O5/c1-2-3-7(11)13-8(12)5-4-6(9)10/h4-5,7,11H,2-3H2,1H3,(H,9,10)/b5-4+. The van der Waals surface area contributed by atoms with Crippen LogP contribution in [0, 0.1) is 0 Å². The highest BCUT2D eigenvalue weighted by atomic mass is 16.6. The fraction of sp³-hybridized carbons (Fsp3) is 0.500. The molecule has 13 heavy (non-hydrogen) atoms. The number of hydrogen-bond donors (Lipinski definition) is 2. The second-order valence-electron chi connectivity index (χ2n) is 2.35. The van der Waals surface area contributed by atoms with Gasteiger partial charge in [-0.1, -0.05) is 13.3 Å². The van der Waals surface area contributed by atoms with E-state index in [0.29, 0.717) is 18.9 Å². The summed E-state index contributed by atoms with van der Waals surface area (Å²) < 4.78 is 4.41. The van der Waals surface area contributed by atoms with E-state index in [0.717, 1.165) is 6.08 Å². The molecule has 0 aromatic carbocycles. The van der Waals surface area contributed by atoms with E-state index in [-0.39, 0.29) is 0 Å². The van der Waals surface area contributed by atoms with Crippen molar-refractivity contribution in [2.24, 2.45) is 0 Å². The fourth-order valence-electron chi connectivity index (χ4n) is 0.619. The van der Waals surface area contributed by atoms with Crippen molar-refractivity contribution in [1.29, 1.82) is 0 Å². The normalized spacial score (nSPS) is 12.8. The third-order valence-electron chi connectivity index (χ3n) is 1.15. The van der Waals surface area contributed by atoms with Crippen LogP contribution in [0.2, 0.25) is 0 Å². The van der Waals surface area contributed by atoms with Gasteiger partial charge in [0.1, 0.15) is 0 Å². The smallest absolute Gasteiger partial charge is 0.333 e. The van der Waals surface area contributed by atoms with Gasteiger partial charge in [0.2, 0.25) is 6.29 Å². The van der Waals surface area contributed by atoms with Crippen LogP contribution in [0.25, 0.3) is 0 Å². The third-order valence-corrected chi connectivity index (χ3v) is 1.15. The minimum atomic E-state index is -1.23. The number of carbonyl (C=O) groups excluding carboxylic acids is 1. The monoisotopic (exact) mass is 188 g/mol. The van der Waals surface area contributed by atoms with E-state index in [1.807, 2.05) is 6.92 Å². The number of esters is 1. The van der Waals surface area contributed by atoms with Crippen molar-refractivity contribution in [3.63, 3.8) is 0 Å². The topological polar surface area (TPSA) is 83.8 Å². The van der Waals surface area contributed by atoms with Gasteiger partial charge < -0.3 is 14.9 Å². The molecule has 0 bridgehead atoms. The van der Waals surface area contributed by atoms with Crippen LogP contribution in [0.4, 0.5) is 0 Å². The van der Waals surface area contributed by atoms with Crippen LogP contribution in [-0.4, -0.2) is 28.4 Å². The summed E-state index contributed by atoms with van der Waals surface area (Å²) in [4.78, 5) is 20.7. The molecule has 0 aromatic rings. The molecule has 0 saturated carbocycles. The zero-order chi connectivity index (χ0) is 10.3. The molecule has 0 spiro atoms. The van der Waals surface area contributed by atoms with Gasteiger partial charge in [-0.2, -0.15) is 0 Å². The molecule has 5 nitrogen and oxygen atoms in total. The Morgan fingerprint density at radius 3 is 2.54 bits per heavy atom. The number of carboxylic acids is 1. The summed E-state index contributed by atoms with van der Waals surface area (Å²) in [5.41, 5.74) is 0. The molecule has 5 heteroatoms. The SMILES string of the molecule is CCCC(O)OC(=O)/C=C/C(=O)O. The summed E-state index contributed by atoms with van der Waals surface area (Å²) in [5, 5.41) is 17.1. The molecule has 0 aromatic heterocycles. The Labute approximate surface area is 75.6 Å². The molecule has 1 unspecified atom stereocenters. The Morgan fingerprint density at radius 2 is 2.08 bits per heavy atom. The molecule has 0 aliphatic rings. The third kappa shape index (κ3) is 7.02. The average Bonchev–Trinajstić information content (AvgIpc) is 2.01. The summed E-state index contributed by atoms with van der Waals surface area (Å²) in [5.74, 6) is -2.09. The molecule has 74 valence electrons. The van der Waals surface area contributed by atoms with Crippen LogP contribution in [0.5, 0.6) is 0 Å². The summed E-state index contributed by atoms with van der Waals surface area (Å²) in [6, 6.07) is 0. The minimum absolute atomic E-state index is 0.340. The second-order valence-corrected chi connectivity index (χ2v) is 2.35. The quantitative estimate of drug-likeness (QED) is 0.368. The second kappa shape index (κ2) is 6.19. The maximum absolute atomic E-state index is 10.7. The van der Waals surface area contributed by atoms with Crippen molar-refractivity contribution in [1.82, 2.24) is 0 Å². The molecule has 0 fully saturated rings. The molecule has 2 N–H and O–H groups in total. The van der Waals surface area contributed by atoms with Crippen LogP contribution in [0.15, 0.2) is 12.2 Å². The van der Waals surface area contributed by atoms with Gasteiger partial charge >= 0.3 is 11.9 Å². The maximum atomic E-state index is 10.7. The van der Waals surface area contributed by atoms with Crippen LogP contribution in [0.3, 0.4) is 0 Å². The first-order chi connectivity index (χ1) is 6.06. The Kier molecular flexibility index (Phi) is 5.54. The lowest BCUT2D eigenvalue weighted by Gasteiger charge is -2.07. The lowest BCUT2D eigenvalue weighted by atomic mass is 10.3. The fourth-order valence-corrected chi connectivity index (χ4v) is 0.619. The lowest BCUT2D eigenvalue weighted by molar-refractivity contribution is -0.162. The van der Waals surface area contributed by atoms with Crippen molar-refractivity contribution in [2.75, 3.05) is 0 Å². The number of ether oxygens (including phenoxy) is 1. The predicted molar refractivity (Wildman–Crippen MR) is 43.8 cm³/mol. The molecule has 0 rings (SSSR count). The number of aliphatic hydroxyl groups is 1. The number of rotatable bonds is 5. The van der Waals surface area contributed by atoms with Crippen molar-refractivity contribution in [3.8, 4) is 0 Å². The highest BCUT2D eigenvalue weighted by Crippen LogP contribution is 1.98. The largest absolute Gasteiger partial charge is 0.478 e. The Balaban J connectivity index is 3.80. The molecule has 0 saturated heterocycles. The van der Waals surface area contributed by atoms with E-state index in [9.17, 15) is 9.59 Å². The molecule has 0 amide bonds. The van der Waals surface area contributed by atoms with Crippen molar-refractivity contribution in [3.05, 3.63) is 12.2 Å². The zero-order valence-electron chi connectivity index (χ0n) is 7.27. The van der Waals surface area contributed by atoms with Crippen LogP contribution < -0.4 is 0 Å². The molecule has 0 heterocycles. The lowest BCUT2D eigenvalue weighted by Crippen LogP contribution is -2.15. The summed E-state index contributed by atoms with van der Waals surface area (Å²) in [6.45, 7) is 1.82. The Hall–Kier alpha value is -1.36. The molecule has 0 radical (unpaired) electrons. The van der Waals surface area contributed by atoms with E-state index in [4.69, 9.17) is 10.2 Å². The Morgan fingerprint density at radius 1 is 1.46 bits per heavy atom. The van der Waals surface area contributed by atoms with Gasteiger partial charge in [-0.15, -0.1) is 0 Å². The first-order valence-electron chi connectivity index (χ1n) is 3.86. The number of aliphatic hydroxyl groups excluding tert-OH is 1. The van der Waals surface area contributed by atoms with Crippen molar-refractivity contribution in [2.45, 2.75) is 26.1 Å². The zero-order valence-corrected chi connectivity index (χ0v) is 7.27. The number of hydrogen-bond acceptors (Lipinski definition) is 4. The van der Waals surface area contributed by atoms with Crippen molar-refractivity contribution >= 4 is 11.9 Å². The molecular weight excluding hydrogens is 176 g/mol. The van der Waals surface area contributed by atoms with Gasteiger partial charge in [0.15, 0.2) is 0 Å². The summed E-state index contributed by atoms with van der Waals surface area (Å²) in [7, 11) is 0. The first-order valence-corrected chi connectivity index (χ1v) is 3.86. The van der Waals surface area contributed by atoms with E-state index in [1.54, 1.807) is 0 Å². The van der Waals surface area contributed by atoms with Gasteiger partial charge in [0, 0.05) is 18.6 Å². The minimum Gasteiger partial charge on any atom is -0.478 e. The molecule has 0 aliphatic heterocycles. The highest BCUT2D eigenvalue weighted by molar-refractivity contribution is 5.90. The van der Waals surface area contributed by atoms with E-state index < -0.39 is 18.2 Å². The number of aliphatic carboxylic acids is 1. The summed E-state index contributed by atoms with van der Waals surface area (Å²) >= 11 is 0. The van der Waals surface area contributed by atoms with Crippen LogP contribution in [0.1, 0.15) is 19.8 Å².